The standard InChI is InChI=1S/C12H11NO3S.Ba/c14-17(15,16)12-9-5-4-8-11(12)13-10-6-2-1-3-7-10;/h1-9,13H,(H,14,15,16);/q;+2/p-1. The predicted molar refractivity (Wildman–Crippen MR) is 69.9 cm³/mol. The quantitative estimate of drug-likeness (QED) is 0.648. The van der Waals surface area contributed by atoms with Crippen molar-refractivity contribution < 1.29 is 13.0 Å². The van der Waals surface area contributed by atoms with Crippen molar-refractivity contribution in [3.63, 3.8) is 0 Å². The smallest absolute Gasteiger partial charge is 0.744 e. The molecule has 0 saturated heterocycles. The maximum Gasteiger partial charge on any atom is 2.00 e. The molecule has 0 aliphatic heterocycles. The van der Waals surface area contributed by atoms with Crippen molar-refractivity contribution in [3.05, 3.63) is 54.6 Å². The molecule has 0 spiro atoms. The summed E-state index contributed by atoms with van der Waals surface area (Å²) in [5.41, 5.74) is 1.01. The molecule has 0 bridgehead atoms. The first-order chi connectivity index (χ1) is 8.07. The Balaban J connectivity index is 0.00000162. The third-order valence-electron chi connectivity index (χ3n) is 2.21. The van der Waals surface area contributed by atoms with Gasteiger partial charge in [0.25, 0.3) is 0 Å². The fraction of sp³-hybridized carbons (Fsp3) is 0. The summed E-state index contributed by atoms with van der Waals surface area (Å²) in [7, 11) is -4.47. The summed E-state index contributed by atoms with van der Waals surface area (Å²) in [5, 5.41) is 2.90. The molecule has 4 nitrogen and oxygen atoms in total. The molecule has 2 rings (SSSR count). The fourth-order valence-electron chi connectivity index (χ4n) is 1.46. The van der Waals surface area contributed by atoms with Gasteiger partial charge in [0.05, 0.1) is 10.6 Å². The summed E-state index contributed by atoms with van der Waals surface area (Å²) in [6.07, 6.45) is 0. The molecule has 0 amide bonds. The van der Waals surface area contributed by atoms with Crippen molar-refractivity contribution in [2.45, 2.75) is 4.90 Å². The second kappa shape index (κ2) is 6.76. The minimum absolute atomic E-state index is 0. The fourth-order valence-corrected chi connectivity index (χ4v) is 2.10. The molecular formula is C12H10BaNO3S+. The van der Waals surface area contributed by atoms with Gasteiger partial charge < -0.3 is 9.87 Å². The Morgan fingerprint density at radius 2 is 1.44 bits per heavy atom. The number of anilines is 2. The van der Waals surface area contributed by atoms with Crippen molar-refractivity contribution in [2.75, 3.05) is 5.32 Å². The number of para-hydroxylation sites is 2. The van der Waals surface area contributed by atoms with E-state index >= 15 is 0 Å². The van der Waals surface area contributed by atoms with E-state index in [1.54, 1.807) is 24.3 Å². The third-order valence-corrected chi connectivity index (χ3v) is 3.10. The van der Waals surface area contributed by atoms with Gasteiger partial charge in [0.2, 0.25) is 0 Å². The number of nitrogens with one attached hydrogen (secondary N) is 1. The van der Waals surface area contributed by atoms with Crippen molar-refractivity contribution in [3.8, 4) is 0 Å². The number of hydrogen-bond acceptors (Lipinski definition) is 4. The second-order valence-corrected chi connectivity index (χ2v) is 4.79. The van der Waals surface area contributed by atoms with E-state index in [2.05, 4.69) is 5.32 Å². The SMILES string of the molecule is O=S(=O)([O-])c1ccccc1Nc1ccccc1.[Ba+2]. The van der Waals surface area contributed by atoms with Crippen LogP contribution >= 0.6 is 0 Å². The van der Waals surface area contributed by atoms with Crippen molar-refractivity contribution in [2.24, 2.45) is 0 Å². The molecule has 0 aromatic heterocycles. The third kappa shape index (κ3) is 4.13. The van der Waals surface area contributed by atoms with E-state index in [-0.39, 0.29) is 59.5 Å². The van der Waals surface area contributed by atoms with Gasteiger partial charge >= 0.3 is 48.9 Å². The predicted octanol–water partition coefficient (Wildman–Crippen LogP) is 1.95. The van der Waals surface area contributed by atoms with E-state index < -0.39 is 10.1 Å². The zero-order chi connectivity index (χ0) is 12.3. The topological polar surface area (TPSA) is 69.2 Å². The maximum absolute atomic E-state index is 11.0. The molecule has 2 aromatic rings. The van der Waals surface area contributed by atoms with Crippen LogP contribution in [-0.2, 0) is 10.1 Å². The summed E-state index contributed by atoms with van der Waals surface area (Å²) in [6, 6.07) is 15.1. The van der Waals surface area contributed by atoms with Crippen LogP contribution in [0.2, 0.25) is 0 Å². The summed E-state index contributed by atoms with van der Waals surface area (Å²) < 4.78 is 33.1. The Hall–Kier alpha value is -0.279. The summed E-state index contributed by atoms with van der Waals surface area (Å²) in [5.74, 6) is 0. The van der Waals surface area contributed by atoms with Gasteiger partial charge in [0.1, 0.15) is 10.1 Å². The van der Waals surface area contributed by atoms with Gasteiger partial charge in [-0.05, 0) is 24.3 Å². The van der Waals surface area contributed by atoms with Gasteiger partial charge in [-0.3, -0.25) is 0 Å². The van der Waals surface area contributed by atoms with Crippen LogP contribution in [0.3, 0.4) is 0 Å². The Bertz CT molecular complexity index is 614. The molecule has 0 fully saturated rings. The largest absolute Gasteiger partial charge is 2.00 e. The van der Waals surface area contributed by atoms with E-state index in [0.29, 0.717) is 0 Å². The first-order valence-corrected chi connectivity index (χ1v) is 6.35. The van der Waals surface area contributed by atoms with Crippen LogP contribution in [0.4, 0.5) is 11.4 Å². The van der Waals surface area contributed by atoms with E-state index in [9.17, 15) is 13.0 Å². The van der Waals surface area contributed by atoms with Crippen LogP contribution in [0.5, 0.6) is 0 Å². The Morgan fingerprint density at radius 3 is 2.06 bits per heavy atom. The van der Waals surface area contributed by atoms with Gasteiger partial charge in [-0.1, -0.05) is 30.3 Å². The van der Waals surface area contributed by atoms with Gasteiger partial charge in [0.15, 0.2) is 0 Å². The summed E-state index contributed by atoms with van der Waals surface area (Å²) in [4.78, 5) is -0.246. The molecule has 0 aliphatic carbocycles. The second-order valence-electron chi connectivity index (χ2n) is 3.44. The van der Waals surface area contributed by atoms with Crippen LogP contribution in [0.1, 0.15) is 0 Å². The maximum atomic E-state index is 11.0. The molecule has 0 aliphatic rings. The minimum Gasteiger partial charge on any atom is -0.744 e. The van der Waals surface area contributed by atoms with Gasteiger partial charge in [-0.2, -0.15) is 0 Å². The van der Waals surface area contributed by atoms with Crippen molar-refractivity contribution in [1.82, 2.24) is 0 Å². The Labute approximate surface area is 146 Å². The first-order valence-electron chi connectivity index (χ1n) is 4.94. The molecule has 0 atom stereocenters. The van der Waals surface area contributed by atoms with Crippen LogP contribution in [0, 0.1) is 0 Å². The molecule has 1 N–H and O–H groups in total. The molecule has 6 heteroatoms. The molecular weight excluding hydrogens is 376 g/mol. The molecule has 2 aromatic carbocycles. The average molecular weight is 386 g/mol. The zero-order valence-electron chi connectivity index (χ0n) is 9.54. The van der Waals surface area contributed by atoms with Crippen molar-refractivity contribution in [1.29, 1.82) is 0 Å². The number of rotatable bonds is 3. The zero-order valence-corrected chi connectivity index (χ0v) is 14.8. The van der Waals surface area contributed by atoms with Crippen LogP contribution in [0.15, 0.2) is 59.5 Å². The molecule has 0 saturated carbocycles. The van der Waals surface area contributed by atoms with Crippen LogP contribution in [0.25, 0.3) is 0 Å². The molecule has 18 heavy (non-hydrogen) atoms. The van der Waals surface area contributed by atoms with Crippen molar-refractivity contribution >= 4 is 70.4 Å². The van der Waals surface area contributed by atoms with E-state index in [1.807, 2.05) is 18.2 Å². The minimum atomic E-state index is -4.47. The van der Waals surface area contributed by atoms with Gasteiger partial charge in [0, 0.05) is 5.69 Å². The first kappa shape index (κ1) is 15.8. The van der Waals surface area contributed by atoms with Crippen LogP contribution < -0.4 is 5.32 Å². The van der Waals surface area contributed by atoms with E-state index in [1.165, 1.54) is 12.1 Å². The number of hydrogen-bond donors (Lipinski definition) is 1. The molecule has 88 valence electrons. The molecule has 0 heterocycles. The number of benzene rings is 2. The van der Waals surface area contributed by atoms with Gasteiger partial charge in [-0.25, -0.2) is 8.42 Å². The van der Waals surface area contributed by atoms with E-state index in [0.717, 1.165) is 5.69 Å². The van der Waals surface area contributed by atoms with Crippen LogP contribution in [-0.4, -0.2) is 61.9 Å². The average Bonchev–Trinajstić information content (AvgIpc) is 2.30. The summed E-state index contributed by atoms with van der Waals surface area (Å²) in [6.45, 7) is 0. The molecule has 0 unspecified atom stereocenters. The van der Waals surface area contributed by atoms with E-state index in [4.69, 9.17) is 0 Å². The molecule has 0 radical (unpaired) electrons. The summed E-state index contributed by atoms with van der Waals surface area (Å²) >= 11 is 0. The Kier molecular flexibility index (Phi) is 5.93. The normalized spacial score (nSPS) is 10.5. The van der Waals surface area contributed by atoms with Gasteiger partial charge in [-0.15, -0.1) is 0 Å². The monoisotopic (exact) mass is 386 g/mol. The Morgan fingerprint density at radius 1 is 0.889 bits per heavy atom.